The van der Waals surface area contributed by atoms with Crippen molar-refractivity contribution in [1.82, 2.24) is 21.3 Å². The molecule has 0 saturated heterocycles. The lowest BCUT2D eigenvalue weighted by Crippen LogP contribution is -2.50. The summed E-state index contributed by atoms with van der Waals surface area (Å²) in [5, 5.41) is 28.6. The number of aliphatic carboxylic acids is 2. The van der Waals surface area contributed by atoms with Crippen LogP contribution in [0.5, 0.6) is 0 Å². The van der Waals surface area contributed by atoms with E-state index in [0.29, 0.717) is 77.2 Å². The summed E-state index contributed by atoms with van der Waals surface area (Å²) >= 11 is 0. The van der Waals surface area contributed by atoms with Gasteiger partial charge in [0.15, 0.2) is 11.6 Å². The minimum absolute atomic E-state index is 0.0256. The zero-order valence-corrected chi connectivity index (χ0v) is 38.6. The Morgan fingerprint density at radius 1 is 0.538 bits per heavy atom. The molecule has 358 valence electrons. The molecule has 0 spiro atoms. The number of benzene rings is 2. The van der Waals surface area contributed by atoms with E-state index in [2.05, 4.69) is 21.3 Å². The molecule has 2 rings (SSSR count). The summed E-state index contributed by atoms with van der Waals surface area (Å²) < 4.78 is 0. The van der Waals surface area contributed by atoms with Crippen molar-refractivity contribution < 1.29 is 53.4 Å². The van der Waals surface area contributed by atoms with E-state index in [4.69, 9.17) is 5.11 Å². The molecule has 65 heavy (non-hydrogen) atoms. The van der Waals surface area contributed by atoms with Crippen LogP contribution in [-0.4, -0.2) is 87.8 Å². The highest BCUT2D eigenvalue weighted by Crippen LogP contribution is 2.18. The highest BCUT2D eigenvalue weighted by atomic mass is 16.4. The maximum atomic E-state index is 13.9. The van der Waals surface area contributed by atoms with Crippen molar-refractivity contribution in [1.29, 1.82) is 0 Å². The molecule has 0 aliphatic carbocycles. The normalized spacial score (nSPS) is 12.9. The molecule has 0 aromatic heterocycles. The monoisotopic (exact) mass is 905 g/mol. The molecule has 0 saturated carbocycles. The minimum atomic E-state index is -1.41. The molecule has 2 aromatic rings. The summed E-state index contributed by atoms with van der Waals surface area (Å²) in [6, 6.07) is 15.1. The maximum absolute atomic E-state index is 13.9. The van der Waals surface area contributed by atoms with Gasteiger partial charge in [-0.05, 0) is 81.8 Å². The topological polar surface area (TPSA) is 242 Å². The number of carbonyl (C=O) groups excluding carboxylic acids is 7. The summed E-state index contributed by atoms with van der Waals surface area (Å²) in [4.78, 5) is 112. The number of carboxylic acid groups (broad SMARTS) is 2. The van der Waals surface area contributed by atoms with Gasteiger partial charge in [-0.3, -0.25) is 33.6 Å². The van der Waals surface area contributed by atoms with Gasteiger partial charge in [-0.15, -0.1) is 0 Å². The first-order valence-electron chi connectivity index (χ1n) is 23.3. The van der Waals surface area contributed by atoms with E-state index < -0.39 is 48.4 Å². The van der Waals surface area contributed by atoms with Crippen molar-refractivity contribution in [3.05, 3.63) is 71.8 Å². The van der Waals surface area contributed by atoms with E-state index in [1.807, 2.05) is 74.5 Å². The van der Waals surface area contributed by atoms with Crippen LogP contribution >= 0.6 is 0 Å². The second-order valence-corrected chi connectivity index (χ2v) is 17.4. The second kappa shape index (κ2) is 32.0. The summed E-state index contributed by atoms with van der Waals surface area (Å²) in [6.07, 6.45) is 8.26. The molecule has 15 heteroatoms. The van der Waals surface area contributed by atoms with Crippen molar-refractivity contribution in [2.75, 3.05) is 6.54 Å². The lowest BCUT2D eigenvalue weighted by Gasteiger charge is -2.22. The van der Waals surface area contributed by atoms with E-state index in [1.54, 1.807) is 0 Å². The zero-order valence-electron chi connectivity index (χ0n) is 38.6. The van der Waals surface area contributed by atoms with Crippen molar-refractivity contribution in [3.63, 3.8) is 0 Å². The third kappa shape index (κ3) is 26.0. The van der Waals surface area contributed by atoms with Gasteiger partial charge in [0.05, 0.1) is 12.1 Å². The summed E-state index contributed by atoms with van der Waals surface area (Å²) in [7, 11) is 0. The van der Waals surface area contributed by atoms with Gasteiger partial charge in [-0.2, -0.15) is 0 Å². The van der Waals surface area contributed by atoms with Crippen LogP contribution < -0.4 is 21.3 Å². The van der Waals surface area contributed by atoms with Gasteiger partial charge in [0, 0.05) is 57.4 Å². The van der Waals surface area contributed by atoms with Crippen LogP contribution in [0.3, 0.4) is 0 Å². The predicted octanol–water partition coefficient (Wildman–Crippen LogP) is 6.87. The zero-order chi connectivity index (χ0) is 48.0. The number of Topliss-reactive ketones (excluding diaryl/α,β-unsaturated/α-hetero) is 4. The number of nitrogens with one attached hydrogen (secondary N) is 4. The van der Waals surface area contributed by atoms with E-state index in [1.165, 1.54) is 6.92 Å². The third-order valence-electron chi connectivity index (χ3n) is 11.1. The van der Waals surface area contributed by atoms with Crippen LogP contribution in [0.15, 0.2) is 60.7 Å². The SMILES string of the molecule is CC(=O)[C@H](CCCCNC(=O)CCCCCCCCC(=O)[C@@H](Cc1ccccc1)NC(=O)[C@H](CC(=O)CCCC(=O)CC(C)C)Cc1ccccc1)NC(=O)N[C@@H](CCC(=O)O)C(=O)O. The van der Waals surface area contributed by atoms with Crippen LogP contribution in [0.2, 0.25) is 0 Å². The van der Waals surface area contributed by atoms with Gasteiger partial charge in [0.1, 0.15) is 17.6 Å². The van der Waals surface area contributed by atoms with Crippen molar-refractivity contribution in [2.24, 2.45) is 11.8 Å². The van der Waals surface area contributed by atoms with Gasteiger partial charge in [0.2, 0.25) is 11.8 Å². The number of rotatable bonds is 36. The van der Waals surface area contributed by atoms with E-state index in [-0.39, 0.29) is 66.5 Å². The van der Waals surface area contributed by atoms with Crippen LogP contribution in [-0.2, 0) is 51.2 Å². The smallest absolute Gasteiger partial charge is 0.326 e. The largest absolute Gasteiger partial charge is 0.481 e. The molecule has 0 heterocycles. The first-order chi connectivity index (χ1) is 31.0. The molecule has 0 aliphatic heterocycles. The number of unbranched alkanes of at least 4 members (excludes halogenated alkanes) is 6. The summed E-state index contributed by atoms with van der Waals surface area (Å²) in [6.45, 7) is 5.66. The van der Waals surface area contributed by atoms with E-state index in [0.717, 1.165) is 36.8 Å². The summed E-state index contributed by atoms with van der Waals surface area (Å²) in [5.74, 6) is -3.73. The standard InChI is InChI=1S/C50H72N4O11/c1-35(2)31-40(56)23-18-24-41(57)34-39(32-37-19-10-8-11-20-37)48(62)52-44(33-38-21-12-9-13-22-38)45(58)26-14-6-4-5-7-15-27-46(59)51-30-17-16-25-42(36(3)55)53-50(65)54-43(49(63)64)28-29-47(60)61/h8-13,19-22,35,39,42-44H,4-7,14-18,23-34H2,1-3H3,(H,51,59)(H,52,62)(H,60,61)(H,63,64)(H2,53,54,65)/t39-,42-,43-,44+/m0/s1. The quantitative estimate of drug-likeness (QED) is 0.0386. The fourth-order valence-corrected chi connectivity index (χ4v) is 7.47. The number of carbonyl (C=O) groups is 9. The Kier molecular flexibility index (Phi) is 27.3. The molecule has 4 amide bonds. The van der Waals surface area contributed by atoms with E-state index in [9.17, 15) is 48.3 Å². The number of urea groups is 1. The van der Waals surface area contributed by atoms with Gasteiger partial charge in [0.25, 0.3) is 0 Å². The highest BCUT2D eigenvalue weighted by molar-refractivity contribution is 5.92. The molecule has 2 aromatic carbocycles. The highest BCUT2D eigenvalue weighted by Gasteiger charge is 2.28. The molecule has 4 atom stereocenters. The Bertz CT molecular complexity index is 1820. The Balaban J connectivity index is 1.77. The fraction of sp³-hybridized carbons (Fsp3) is 0.580. The van der Waals surface area contributed by atoms with Crippen LogP contribution in [0.1, 0.15) is 147 Å². The first kappa shape index (κ1) is 55.4. The lowest BCUT2D eigenvalue weighted by atomic mass is 9.90. The van der Waals surface area contributed by atoms with Crippen molar-refractivity contribution >= 4 is 52.9 Å². The average Bonchev–Trinajstić information content (AvgIpc) is 3.25. The van der Waals surface area contributed by atoms with Gasteiger partial charge < -0.3 is 31.5 Å². The molecule has 0 aliphatic rings. The van der Waals surface area contributed by atoms with Gasteiger partial charge in [-0.25, -0.2) is 9.59 Å². The number of amides is 4. The fourth-order valence-electron chi connectivity index (χ4n) is 7.47. The molecule has 0 radical (unpaired) electrons. The molecule has 0 fully saturated rings. The van der Waals surface area contributed by atoms with Crippen molar-refractivity contribution in [2.45, 2.75) is 167 Å². The Morgan fingerprint density at radius 3 is 1.66 bits per heavy atom. The molecule has 15 nitrogen and oxygen atoms in total. The Labute approximate surface area is 384 Å². The first-order valence-corrected chi connectivity index (χ1v) is 23.3. The second-order valence-electron chi connectivity index (χ2n) is 17.4. The maximum Gasteiger partial charge on any atom is 0.326 e. The molecular formula is C50H72N4O11. The van der Waals surface area contributed by atoms with Crippen LogP contribution in [0.4, 0.5) is 4.79 Å². The Hall–Kier alpha value is -5.73. The van der Waals surface area contributed by atoms with Crippen LogP contribution in [0, 0.1) is 11.8 Å². The molecular weight excluding hydrogens is 833 g/mol. The summed E-state index contributed by atoms with van der Waals surface area (Å²) in [5.41, 5.74) is 1.83. The number of hydrogen-bond acceptors (Lipinski definition) is 9. The molecule has 6 N–H and O–H groups in total. The Morgan fingerprint density at radius 2 is 1.09 bits per heavy atom. The lowest BCUT2D eigenvalue weighted by molar-refractivity contribution is -0.140. The third-order valence-corrected chi connectivity index (χ3v) is 11.1. The van der Waals surface area contributed by atoms with Gasteiger partial charge in [-0.1, -0.05) is 100 Å². The number of ketones is 4. The number of hydrogen-bond donors (Lipinski definition) is 6. The average molecular weight is 905 g/mol. The minimum Gasteiger partial charge on any atom is -0.481 e. The molecule has 0 unspecified atom stereocenters. The van der Waals surface area contributed by atoms with E-state index >= 15 is 0 Å². The van der Waals surface area contributed by atoms with Crippen molar-refractivity contribution in [3.8, 4) is 0 Å². The molecule has 0 bridgehead atoms. The van der Waals surface area contributed by atoms with Gasteiger partial charge >= 0.3 is 18.0 Å². The van der Waals surface area contributed by atoms with Crippen LogP contribution in [0.25, 0.3) is 0 Å². The predicted molar refractivity (Wildman–Crippen MR) is 247 cm³/mol. The number of carboxylic acids is 2.